The third-order valence-electron chi connectivity index (χ3n) is 5.31. The van der Waals surface area contributed by atoms with E-state index in [2.05, 4.69) is 10.3 Å². The predicted octanol–water partition coefficient (Wildman–Crippen LogP) is 5.82. The van der Waals surface area contributed by atoms with E-state index < -0.39 is 10.8 Å². The van der Waals surface area contributed by atoms with Gasteiger partial charge in [-0.2, -0.15) is 0 Å². The number of nitrogens with zero attached hydrogens (tertiary/aromatic N) is 2. The van der Waals surface area contributed by atoms with E-state index in [0.29, 0.717) is 17.2 Å². The fourth-order valence-corrected chi connectivity index (χ4v) is 3.66. The molecule has 0 atom stereocenters. The van der Waals surface area contributed by atoms with Gasteiger partial charge in [0.05, 0.1) is 12.0 Å². The summed E-state index contributed by atoms with van der Waals surface area (Å²) in [5, 5.41) is 16.0. The number of methoxy groups -OCH3 is 1. The number of anilines is 1. The molecule has 0 radical (unpaired) electrons. The van der Waals surface area contributed by atoms with Crippen molar-refractivity contribution < 1.29 is 18.9 Å². The molecule has 0 bridgehead atoms. The fraction of sp³-hybridized carbons (Fsp3) is 0.0400. The first-order valence-corrected chi connectivity index (χ1v) is 10.1. The summed E-state index contributed by atoms with van der Waals surface area (Å²) in [6, 6.07) is 22.9. The molecule has 0 saturated carbocycles. The lowest BCUT2D eigenvalue weighted by molar-refractivity contribution is -0.385. The smallest absolute Gasteiger partial charge is 0.311 e. The molecule has 5 aromatic rings. The molecule has 1 N–H and O–H groups in total. The molecular formula is C25H17N3O5. The summed E-state index contributed by atoms with van der Waals surface area (Å²) in [5.74, 6) is 0.0962. The zero-order valence-corrected chi connectivity index (χ0v) is 17.4. The van der Waals surface area contributed by atoms with E-state index >= 15 is 0 Å². The van der Waals surface area contributed by atoms with Gasteiger partial charge in [-0.25, -0.2) is 4.98 Å². The molecule has 0 saturated heterocycles. The highest BCUT2D eigenvalue weighted by Gasteiger charge is 2.18. The van der Waals surface area contributed by atoms with E-state index in [1.807, 2.05) is 36.4 Å². The Morgan fingerprint density at radius 2 is 1.82 bits per heavy atom. The van der Waals surface area contributed by atoms with Crippen LogP contribution in [0.1, 0.15) is 10.4 Å². The Morgan fingerprint density at radius 3 is 2.58 bits per heavy atom. The second kappa shape index (κ2) is 8.08. The zero-order chi connectivity index (χ0) is 22.9. The SMILES string of the molecule is COc1ccc(C(=O)Nc2ccc(-c3nc4c(ccc5ccccc54)o3)cc2)cc1[N+](=O)[O-]. The molecule has 1 aromatic heterocycles. The number of hydrogen-bond donors (Lipinski definition) is 1. The maximum atomic E-state index is 12.6. The monoisotopic (exact) mass is 439 g/mol. The molecule has 0 unspecified atom stereocenters. The fourth-order valence-electron chi connectivity index (χ4n) is 3.66. The van der Waals surface area contributed by atoms with Gasteiger partial charge in [0.15, 0.2) is 11.3 Å². The molecule has 4 aromatic carbocycles. The van der Waals surface area contributed by atoms with Crippen LogP contribution in [0.2, 0.25) is 0 Å². The van der Waals surface area contributed by atoms with Crippen LogP contribution in [0.4, 0.5) is 11.4 Å². The van der Waals surface area contributed by atoms with E-state index in [9.17, 15) is 14.9 Å². The maximum absolute atomic E-state index is 12.6. The summed E-state index contributed by atoms with van der Waals surface area (Å²) in [6.07, 6.45) is 0. The number of hydrogen-bond acceptors (Lipinski definition) is 6. The quantitative estimate of drug-likeness (QED) is 0.273. The Balaban J connectivity index is 1.39. The average molecular weight is 439 g/mol. The number of ether oxygens (including phenoxy) is 1. The first-order valence-electron chi connectivity index (χ1n) is 10.1. The third kappa shape index (κ3) is 3.74. The lowest BCUT2D eigenvalue weighted by Gasteiger charge is -2.07. The van der Waals surface area contributed by atoms with Crippen LogP contribution in [0.25, 0.3) is 33.3 Å². The van der Waals surface area contributed by atoms with Gasteiger partial charge in [-0.05, 0) is 47.9 Å². The Kier molecular flexibility index (Phi) is 4.95. The molecule has 1 amide bonds. The van der Waals surface area contributed by atoms with Crippen LogP contribution in [0.15, 0.2) is 83.3 Å². The minimum Gasteiger partial charge on any atom is -0.490 e. The van der Waals surface area contributed by atoms with Crippen molar-refractivity contribution in [1.29, 1.82) is 0 Å². The van der Waals surface area contributed by atoms with Gasteiger partial charge >= 0.3 is 5.69 Å². The van der Waals surface area contributed by atoms with Gasteiger partial charge < -0.3 is 14.5 Å². The van der Waals surface area contributed by atoms with Crippen LogP contribution in [0, 0.1) is 10.1 Å². The van der Waals surface area contributed by atoms with Crippen LogP contribution >= 0.6 is 0 Å². The number of aromatic nitrogens is 1. The van der Waals surface area contributed by atoms with E-state index in [4.69, 9.17) is 9.15 Å². The van der Waals surface area contributed by atoms with Crippen LogP contribution < -0.4 is 10.1 Å². The van der Waals surface area contributed by atoms with Gasteiger partial charge in [0.25, 0.3) is 5.91 Å². The van der Waals surface area contributed by atoms with E-state index in [-0.39, 0.29) is 17.0 Å². The van der Waals surface area contributed by atoms with Crippen molar-refractivity contribution in [2.75, 3.05) is 12.4 Å². The zero-order valence-electron chi connectivity index (χ0n) is 17.4. The molecule has 162 valence electrons. The van der Waals surface area contributed by atoms with Crippen LogP contribution in [0.5, 0.6) is 5.75 Å². The summed E-state index contributed by atoms with van der Waals surface area (Å²) < 4.78 is 10.9. The Hall–Kier alpha value is -4.72. The highest BCUT2D eigenvalue weighted by atomic mass is 16.6. The molecule has 0 aliphatic carbocycles. The van der Waals surface area contributed by atoms with E-state index in [1.165, 1.54) is 25.3 Å². The predicted molar refractivity (Wildman–Crippen MR) is 125 cm³/mol. The Labute approximate surface area is 187 Å². The number of oxazole rings is 1. The summed E-state index contributed by atoms with van der Waals surface area (Å²) in [5.41, 5.74) is 2.65. The van der Waals surface area contributed by atoms with Crippen molar-refractivity contribution in [3.8, 4) is 17.2 Å². The second-order valence-corrected chi connectivity index (χ2v) is 7.33. The number of amides is 1. The molecular weight excluding hydrogens is 422 g/mol. The van der Waals surface area contributed by atoms with Gasteiger partial charge in [-0.3, -0.25) is 14.9 Å². The molecule has 8 heteroatoms. The van der Waals surface area contributed by atoms with Crippen molar-refractivity contribution in [3.05, 3.63) is 94.5 Å². The Morgan fingerprint density at radius 1 is 1.03 bits per heavy atom. The topological polar surface area (TPSA) is 108 Å². The first-order chi connectivity index (χ1) is 16.0. The summed E-state index contributed by atoms with van der Waals surface area (Å²) in [6.45, 7) is 0. The first kappa shape index (κ1) is 20.2. The highest BCUT2D eigenvalue weighted by Crippen LogP contribution is 2.31. The Bertz CT molecular complexity index is 1520. The lowest BCUT2D eigenvalue weighted by Crippen LogP contribution is -2.12. The van der Waals surface area contributed by atoms with Crippen LogP contribution in [-0.2, 0) is 0 Å². The minimum absolute atomic E-state index is 0.0898. The second-order valence-electron chi connectivity index (χ2n) is 7.33. The lowest BCUT2D eigenvalue weighted by atomic mass is 10.1. The molecule has 5 rings (SSSR count). The minimum atomic E-state index is -0.589. The molecule has 33 heavy (non-hydrogen) atoms. The van der Waals surface area contributed by atoms with Crippen LogP contribution in [0.3, 0.4) is 0 Å². The average Bonchev–Trinajstić information content (AvgIpc) is 3.29. The number of rotatable bonds is 5. The number of fused-ring (bicyclic) bond motifs is 3. The number of carbonyl (C=O) groups excluding carboxylic acids is 1. The van der Waals surface area contributed by atoms with Gasteiger partial charge in [-0.15, -0.1) is 0 Å². The van der Waals surface area contributed by atoms with Crippen molar-refractivity contribution in [1.82, 2.24) is 4.98 Å². The normalized spacial score (nSPS) is 10.9. The number of nitro groups is 1. The number of carbonyl (C=O) groups is 1. The van der Waals surface area contributed by atoms with Crippen molar-refractivity contribution in [2.24, 2.45) is 0 Å². The highest BCUT2D eigenvalue weighted by molar-refractivity contribution is 6.05. The van der Waals surface area contributed by atoms with Gasteiger partial charge in [0.1, 0.15) is 5.52 Å². The molecule has 0 aliphatic heterocycles. The number of nitrogens with one attached hydrogen (secondary N) is 1. The summed E-state index contributed by atoms with van der Waals surface area (Å²) in [7, 11) is 1.34. The molecule has 1 heterocycles. The summed E-state index contributed by atoms with van der Waals surface area (Å²) in [4.78, 5) is 27.9. The molecule has 0 fully saturated rings. The number of nitro benzene ring substituents is 1. The van der Waals surface area contributed by atoms with Crippen molar-refractivity contribution >= 4 is 39.2 Å². The third-order valence-corrected chi connectivity index (χ3v) is 5.31. The van der Waals surface area contributed by atoms with Gasteiger partial charge in [-0.1, -0.05) is 30.3 Å². The van der Waals surface area contributed by atoms with Crippen molar-refractivity contribution in [3.63, 3.8) is 0 Å². The van der Waals surface area contributed by atoms with Gasteiger partial charge in [0.2, 0.25) is 5.89 Å². The van der Waals surface area contributed by atoms with Gasteiger partial charge in [0, 0.05) is 28.3 Å². The van der Waals surface area contributed by atoms with E-state index in [1.54, 1.807) is 24.3 Å². The summed E-state index contributed by atoms with van der Waals surface area (Å²) >= 11 is 0. The van der Waals surface area contributed by atoms with Crippen molar-refractivity contribution in [2.45, 2.75) is 0 Å². The van der Waals surface area contributed by atoms with Crippen LogP contribution in [-0.4, -0.2) is 22.9 Å². The molecule has 0 spiro atoms. The largest absolute Gasteiger partial charge is 0.490 e. The maximum Gasteiger partial charge on any atom is 0.311 e. The van der Waals surface area contributed by atoms with E-state index in [0.717, 1.165) is 21.9 Å². The standard InChI is InChI=1S/C25H17N3O5/c1-32-21-12-9-17(14-20(21)28(30)31)24(29)26-18-10-6-16(7-11-18)25-27-23-19-5-3-2-4-15(19)8-13-22(23)33-25/h2-14H,1H3,(H,26,29). The number of benzene rings is 4. The molecule has 0 aliphatic rings. The molecule has 8 nitrogen and oxygen atoms in total.